The maximum Gasteiger partial charge on any atom is 0.164 e. The van der Waals surface area contributed by atoms with Crippen molar-refractivity contribution in [2.45, 2.75) is 25.2 Å². The summed E-state index contributed by atoms with van der Waals surface area (Å²) < 4.78 is 12.8. The molecule has 3 heterocycles. The van der Waals surface area contributed by atoms with Crippen LogP contribution in [0.4, 0.5) is 0 Å². The van der Waals surface area contributed by atoms with Crippen LogP contribution >= 0.6 is 0 Å². The number of fused-ring (bicyclic) bond motifs is 9. The first-order chi connectivity index (χ1) is 25.7. The number of nitrogens with zero attached hydrogens (tertiary/aromatic N) is 3. The smallest absolute Gasteiger partial charge is 0.164 e. The van der Waals surface area contributed by atoms with E-state index >= 15 is 0 Å². The van der Waals surface area contributed by atoms with Crippen LogP contribution in [0, 0.1) is 0 Å². The van der Waals surface area contributed by atoms with Gasteiger partial charge in [-0.1, -0.05) is 115 Å². The van der Waals surface area contributed by atoms with Crippen LogP contribution in [0.3, 0.4) is 0 Å². The topological polar surface area (TPSA) is 65.0 Å². The van der Waals surface area contributed by atoms with Gasteiger partial charge < -0.3 is 8.83 Å². The number of aryl methyl sites for hydroxylation is 1. The van der Waals surface area contributed by atoms with Crippen LogP contribution in [-0.2, 0) is 12.8 Å². The summed E-state index contributed by atoms with van der Waals surface area (Å²) >= 11 is 0. The van der Waals surface area contributed by atoms with E-state index in [1.807, 2.05) is 42.5 Å². The lowest BCUT2D eigenvalue weighted by Gasteiger charge is -2.22. The second kappa shape index (κ2) is 11.5. The molecule has 1 atom stereocenters. The quantitative estimate of drug-likeness (QED) is 0.187. The van der Waals surface area contributed by atoms with Crippen molar-refractivity contribution in [2.24, 2.45) is 0 Å². The molecule has 0 aliphatic heterocycles. The first-order valence-corrected chi connectivity index (χ1v) is 17.9. The molecule has 2 aliphatic carbocycles. The van der Waals surface area contributed by atoms with Gasteiger partial charge in [-0.05, 0) is 76.2 Å². The minimum atomic E-state index is 0.0376. The Morgan fingerprint density at radius 2 is 1.25 bits per heavy atom. The zero-order valence-corrected chi connectivity index (χ0v) is 28.2. The SMILES string of the molecule is C1=C(c2nc(C3=CC(c4ccc5oc6ccccc6c5c4)Cc4oc5ccccc5c43)nc(-c3ccccc3)n2)CCc2c1ccc1ccccc21. The van der Waals surface area contributed by atoms with Gasteiger partial charge in [-0.2, -0.15) is 0 Å². The molecule has 6 aromatic carbocycles. The van der Waals surface area contributed by atoms with Gasteiger partial charge in [0.2, 0.25) is 0 Å². The van der Waals surface area contributed by atoms with Crippen LogP contribution < -0.4 is 0 Å². The number of hydrogen-bond acceptors (Lipinski definition) is 5. The average Bonchev–Trinajstić information content (AvgIpc) is 3.78. The molecule has 5 nitrogen and oxygen atoms in total. The van der Waals surface area contributed by atoms with E-state index in [1.165, 1.54) is 27.5 Å². The highest BCUT2D eigenvalue weighted by Crippen LogP contribution is 2.44. The van der Waals surface area contributed by atoms with Gasteiger partial charge in [0.15, 0.2) is 17.5 Å². The minimum Gasteiger partial charge on any atom is -0.460 e. The molecule has 0 spiro atoms. The average molecular weight is 670 g/mol. The Hall–Kier alpha value is -6.59. The number of hydrogen-bond donors (Lipinski definition) is 0. The Balaban J connectivity index is 1.11. The molecule has 52 heavy (non-hydrogen) atoms. The van der Waals surface area contributed by atoms with Crippen LogP contribution in [0.1, 0.15) is 52.0 Å². The van der Waals surface area contributed by atoms with E-state index in [9.17, 15) is 0 Å². The number of para-hydroxylation sites is 2. The van der Waals surface area contributed by atoms with E-state index in [2.05, 4.69) is 103 Å². The van der Waals surface area contributed by atoms with E-state index in [-0.39, 0.29) is 5.92 Å². The minimum absolute atomic E-state index is 0.0376. The van der Waals surface area contributed by atoms with Gasteiger partial charge in [-0.3, -0.25) is 0 Å². The lowest BCUT2D eigenvalue weighted by molar-refractivity contribution is 0.531. The summed E-state index contributed by atoms with van der Waals surface area (Å²) in [5.41, 5.74) is 10.6. The van der Waals surface area contributed by atoms with E-state index < -0.39 is 0 Å². The van der Waals surface area contributed by atoms with Gasteiger partial charge >= 0.3 is 0 Å². The Bertz CT molecular complexity index is 2950. The number of allylic oxidation sites excluding steroid dienone is 2. The summed E-state index contributed by atoms with van der Waals surface area (Å²) in [7, 11) is 0. The number of benzene rings is 6. The highest BCUT2D eigenvalue weighted by atomic mass is 16.3. The number of rotatable bonds is 4. The molecule has 0 fully saturated rings. The second-order valence-corrected chi connectivity index (χ2v) is 13.8. The Labute approximate surface area is 299 Å². The zero-order chi connectivity index (χ0) is 34.2. The van der Waals surface area contributed by atoms with Crippen molar-refractivity contribution >= 4 is 60.9 Å². The number of aromatic nitrogens is 3. The fourth-order valence-electron chi connectivity index (χ4n) is 8.27. The van der Waals surface area contributed by atoms with Crippen molar-refractivity contribution in [3.63, 3.8) is 0 Å². The molecule has 3 aromatic heterocycles. The molecule has 5 heteroatoms. The lowest BCUT2D eigenvalue weighted by Crippen LogP contribution is -2.12. The predicted molar refractivity (Wildman–Crippen MR) is 209 cm³/mol. The first-order valence-electron chi connectivity index (χ1n) is 17.9. The molecule has 1 unspecified atom stereocenters. The van der Waals surface area contributed by atoms with Gasteiger partial charge in [0.05, 0.1) is 0 Å². The first kappa shape index (κ1) is 29.2. The molecular formula is C47H31N3O2. The normalized spacial score (nSPS) is 15.5. The predicted octanol–water partition coefficient (Wildman–Crippen LogP) is 11.6. The molecule has 0 bridgehead atoms. The lowest BCUT2D eigenvalue weighted by atomic mass is 9.83. The van der Waals surface area contributed by atoms with Gasteiger partial charge in [0, 0.05) is 45.2 Å². The maximum absolute atomic E-state index is 6.63. The van der Waals surface area contributed by atoms with Gasteiger partial charge in [0.25, 0.3) is 0 Å². The van der Waals surface area contributed by atoms with Crippen LogP contribution in [0.15, 0.2) is 148 Å². The van der Waals surface area contributed by atoms with Crippen molar-refractivity contribution < 1.29 is 8.83 Å². The fraction of sp³-hybridized carbons (Fsp3) is 0.0851. The van der Waals surface area contributed by atoms with Crippen LogP contribution in [0.2, 0.25) is 0 Å². The summed E-state index contributed by atoms with van der Waals surface area (Å²) in [5, 5.41) is 5.89. The van der Waals surface area contributed by atoms with Gasteiger partial charge in [-0.25, -0.2) is 15.0 Å². The Morgan fingerprint density at radius 3 is 2.13 bits per heavy atom. The molecule has 0 saturated carbocycles. The highest BCUT2D eigenvalue weighted by Gasteiger charge is 2.30. The highest BCUT2D eigenvalue weighted by molar-refractivity contribution is 6.05. The monoisotopic (exact) mass is 669 g/mol. The largest absolute Gasteiger partial charge is 0.460 e. The molecule has 11 rings (SSSR count). The molecular weight excluding hydrogens is 639 g/mol. The summed E-state index contributed by atoms with van der Waals surface area (Å²) in [6.07, 6.45) is 7.13. The number of furan rings is 2. The van der Waals surface area contributed by atoms with E-state index in [0.717, 1.165) is 80.2 Å². The molecule has 2 aliphatic rings. The summed E-state index contributed by atoms with van der Waals surface area (Å²) in [5.74, 6) is 3.01. The van der Waals surface area contributed by atoms with Crippen molar-refractivity contribution in [1.82, 2.24) is 15.0 Å². The second-order valence-electron chi connectivity index (χ2n) is 13.8. The van der Waals surface area contributed by atoms with E-state index in [1.54, 1.807) is 0 Å². The van der Waals surface area contributed by atoms with E-state index in [0.29, 0.717) is 17.5 Å². The van der Waals surface area contributed by atoms with Crippen LogP contribution in [0.5, 0.6) is 0 Å². The van der Waals surface area contributed by atoms with Crippen molar-refractivity contribution in [2.75, 3.05) is 0 Å². The maximum atomic E-state index is 6.63. The van der Waals surface area contributed by atoms with Crippen LogP contribution in [-0.4, -0.2) is 15.0 Å². The summed E-state index contributed by atoms with van der Waals surface area (Å²) in [4.78, 5) is 15.7. The fourth-order valence-corrected chi connectivity index (χ4v) is 8.27. The molecule has 0 radical (unpaired) electrons. The molecule has 246 valence electrons. The molecule has 0 saturated heterocycles. The third kappa shape index (κ3) is 4.66. The standard InChI is InChI=1S/C47H31N3O2/c1-2-11-29(12-3-1)45-48-46(32-20-22-35-31(24-32)19-18-28-10-4-5-13-34(28)35)50-47(49-45)39-26-33(27-43-44(39)37-15-7-9-17-41(37)52-43)30-21-23-42-38(25-30)36-14-6-8-16-40(36)51-42/h1-19,21,23-26,33H,20,22,27H2. The van der Waals surface area contributed by atoms with Crippen molar-refractivity contribution in [3.05, 3.63) is 179 Å². The van der Waals surface area contributed by atoms with Crippen LogP contribution in [0.25, 0.3) is 72.3 Å². The molecule has 0 amide bonds. The Kier molecular flexibility index (Phi) is 6.44. The third-order valence-corrected chi connectivity index (χ3v) is 10.8. The summed E-state index contributed by atoms with van der Waals surface area (Å²) in [6.45, 7) is 0. The third-order valence-electron chi connectivity index (χ3n) is 10.8. The summed E-state index contributed by atoms with van der Waals surface area (Å²) in [6, 6.07) is 46.4. The van der Waals surface area contributed by atoms with Gasteiger partial charge in [-0.15, -0.1) is 0 Å². The molecule has 0 N–H and O–H groups in total. The Morgan fingerprint density at radius 1 is 0.538 bits per heavy atom. The van der Waals surface area contributed by atoms with Crippen molar-refractivity contribution in [1.29, 1.82) is 0 Å². The zero-order valence-electron chi connectivity index (χ0n) is 28.2. The van der Waals surface area contributed by atoms with E-state index in [4.69, 9.17) is 23.8 Å². The van der Waals surface area contributed by atoms with Gasteiger partial charge in [0.1, 0.15) is 22.5 Å². The molecule has 9 aromatic rings. The van der Waals surface area contributed by atoms with Crippen molar-refractivity contribution in [3.8, 4) is 11.4 Å².